The van der Waals surface area contributed by atoms with E-state index in [0.717, 1.165) is 48.5 Å². The smallest absolute Gasteiger partial charge is 0.160 e. The monoisotopic (exact) mass is 225 g/mol. The summed E-state index contributed by atoms with van der Waals surface area (Å²) in [6.07, 6.45) is 3.48. The highest BCUT2D eigenvalue weighted by atomic mass is 32.1. The maximum atomic E-state index is 10.6. The van der Waals surface area contributed by atoms with Gasteiger partial charge in [-0.15, -0.1) is 11.3 Å². The molecule has 1 unspecified atom stereocenters. The Balaban J connectivity index is 2.06. The molecule has 1 aromatic rings. The summed E-state index contributed by atoms with van der Waals surface area (Å²) in [6.45, 7) is 1.87. The number of aliphatic hydroxyl groups is 1. The molecule has 1 aliphatic heterocycles. The maximum Gasteiger partial charge on any atom is 0.160 e. The van der Waals surface area contributed by atoms with Gasteiger partial charge < -0.3 is 10.0 Å². The van der Waals surface area contributed by atoms with Gasteiger partial charge in [0.15, 0.2) is 6.29 Å². The molecule has 0 bridgehead atoms. The van der Waals surface area contributed by atoms with Gasteiger partial charge in [-0.3, -0.25) is 4.79 Å². The Bertz CT molecular complexity index is 337. The van der Waals surface area contributed by atoms with Crippen LogP contribution in [0, 0.1) is 0 Å². The van der Waals surface area contributed by atoms with Gasteiger partial charge in [0.05, 0.1) is 16.0 Å². The lowest BCUT2D eigenvalue weighted by Crippen LogP contribution is -2.23. The van der Waals surface area contributed by atoms with E-state index >= 15 is 0 Å². The van der Waals surface area contributed by atoms with Crippen LogP contribution in [0.1, 0.15) is 28.9 Å². The Kier molecular flexibility index (Phi) is 3.38. The topological polar surface area (TPSA) is 40.5 Å². The van der Waals surface area contributed by atoms with E-state index in [2.05, 4.69) is 4.90 Å². The SMILES string of the molecule is O=Cc1ccc(N2CCCC(O)CC2)s1. The second-order valence-electron chi connectivity index (χ2n) is 3.87. The normalized spacial score (nSPS) is 22.5. The fourth-order valence-corrected chi connectivity index (χ4v) is 2.75. The van der Waals surface area contributed by atoms with Gasteiger partial charge in [0.25, 0.3) is 0 Å². The number of thiophene rings is 1. The first kappa shape index (κ1) is 10.6. The van der Waals surface area contributed by atoms with E-state index in [1.807, 2.05) is 12.1 Å². The van der Waals surface area contributed by atoms with Gasteiger partial charge in [-0.1, -0.05) is 0 Å². The summed E-state index contributed by atoms with van der Waals surface area (Å²) in [6, 6.07) is 3.85. The lowest BCUT2D eigenvalue weighted by molar-refractivity contribution is 0.112. The molecule has 2 heterocycles. The summed E-state index contributed by atoms with van der Waals surface area (Å²) >= 11 is 1.53. The second-order valence-corrected chi connectivity index (χ2v) is 4.96. The van der Waals surface area contributed by atoms with Crippen LogP contribution in [0.3, 0.4) is 0 Å². The number of hydrogen-bond donors (Lipinski definition) is 1. The predicted molar refractivity (Wildman–Crippen MR) is 61.8 cm³/mol. The lowest BCUT2D eigenvalue weighted by atomic mass is 10.2. The van der Waals surface area contributed by atoms with Crippen LogP contribution >= 0.6 is 11.3 Å². The van der Waals surface area contributed by atoms with Crippen LogP contribution in [-0.2, 0) is 0 Å². The predicted octanol–water partition coefficient (Wildman–Crippen LogP) is 1.91. The van der Waals surface area contributed by atoms with Crippen molar-refractivity contribution in [2.45, 2.75) is 25.4 Å². The van der Waals surface area contributed by atoms with Crippen LogP contribution in [0.2, 0.25) is 0 Å². The van der Waals surface area contributed by atoms with Crippen molar-refractivity contribution in [3.63, 3.8) is 0 Å². The van der Waals surface area contributed by atoms with E-state index < -0.39 is 0 Å². The largest absolute Gasteiger partial charge is 0.393 e. The van der Waals surface area contributed by atoms with Crippen molar-refractivity contribution < 1.29 is 9.90 Å². The molecule has 1 aliphatic rings. The van der Waals surface area contributed by atoms with E-state index in [-0.39, 0.29) is 6.10 Å². The number of carbonyl (C=O) groups is 1. The average molecular weight is 225 g/mol. The van der Waals surface area contributed by atoms with Crippen LogP contribution in [0.4, 0.5) is 5.00 Å². The summed E-state index contributed by atoms with van der Waals surface area (Å²) in [4.78, 5) is 13.6. The van der Waals surface area contributed by atoms with Gasteiger partial charge >= 0.3 is 0 Å². The van der Waals surface area contributed by atoms with E-state index in [9.17, 15) is 9.90 Å². The molecule has 3 nitrogen and oxygen atoms in total. The van der Waals surface area contributed by atoms with Crippen LogP contribution in [-0.4, -0.2) is 30.6 Å². The summed E-state index contributed by atoms with van der Waals surface area (Å²) in [5.41, 5.74) is 0. The molecule has 0 amide bonds. The molecule has 1 saturated heterocycles. The van der Waals surface area contributed by atoms with Gasteiger partial charge in [0, 0.05) is 13.1 Å². The molecule has 15 heavy (non-hydrogen) atoms. The number of aliphatic hydroxyl groups excluding tert-OH is 1. The van der Waals surface area contributed by atoms with E-state index in [1.165, 1.54) is 11.3 Å². The van der Waals surface area contributed by atoms with Crippen molar-refractivity contribution >= 4 is 22.6 Å². The fraction of sp³-hybridized carbons (Fsp3) is 0.545. The van der Waals surface area contributed by atoms with E-state index in [1.54, 1.807) is 0 Å². The third-order valence-corrected chi connectivity index (χ3v) is 3.81. The summed E-state index contributed by atoms with van der Waals surface area (Å²) in [5.74, 6) is 0. The molecule has 0 radical (unpaired) electrons. The van der Waals surface area contributed by atoms with Crippen molar-refractivity contribution in [2.24, 2.45) is 0 Å². The summed E-state index contributed by atoms with van der Waals surface area (Å²) in [5, 5.41) is 10.7. The summed E-state index contributed by atoms with van der Waals surface area (Å²) < 4.78 is 0. The Hall–Kier alpha value is -0.870. The molecule has 1 aromatic heterocycles. The second kappa shape index (κ2) is 4.77. The van der Waals surface area contributed by atoms with Crippen LogP contribution < -0.4 is 4.90 Å². The lowest BCUT2D eigenvalue weighted by Gasteiger charge is -2.20. The maximum absolute atomic E-state index is 10.6. The highest BCUT2D eigenvalue weighted by molar-refractivity contribution is 7.17. The van der Waals surface area contributed by atoms with Gasteiger partial charge in [0.2, 0.25) is 0 Å². The third kappa shape index (κ3) is 2.58. The molecule has 4 heteroatoms. The van der Waals surface area contributed by atoms with Gasteiger partial charge in [-0.05, 0) is 31.4 Å². The number of rotatable bonds is 2. The van der Waals surface area contributed by atoms with Gasteiger partial charge in [-0.2, -0.15) is 0 Å². The molecular weight excluding hydrogens is 210 g/mol. The third-order valence-electron chi connectivity index (χ3n) is 2.74. The molecule has 82 valence electrons. The quantitative estimate of drug-likeness (QED) is 0.782. The van der Waals surface area contributed by atoms with Crippen LogP contribution in [0.5, 0.6) is 0 Å². The number of hydrogen-bond acceptors (Lipinski definition) is 4. The zero-order valence-corrected chi connectivity index (χ0v) is 9.37. The first-order valence-electron chi connectivity index (χ1n) is 5.27. The van der Waals surface area contributed by atoms with Crippen LogP contribution in [0.15, 0.2) is 12.1 Å². The Morgan fingerprint density at radius 1 is 1.40 bits per heavy atom. The molecule has 0 aromatic carbocycles. The Morgan fingerprint density at radius 3 is 3.00 bits per heavy atom. The number of aldehydes is 1. The highest BCUT2D eigenvalue weighted by Gasteiger charge is 2.16. The molecular formula is C11H15NO2S. The first-order valence-corrected chi connectivity index (χ1v) is 6.09. The molecule has 1 fully saturated rings. The first-order chi connectivity index (χ1) is 7.29. The molecule has 0 saturated carbocycles. The summed E-state index contributed by atoms with van der Waals surface area (Å²) in [7, 11) is 0. The Morgan fingerprint density at radius 2 is 2.27 bits per heavy atom. The molecule has 2 rings (SSSR count). The molecule has 1 atom stereocenters. The highest BCUT2D eigenvalue weighted by Crippen LogP contribution is 2.27. The number of anilines is 1. The minimum Gasteiger partial charge on any atom is -0.393 e. The minimum absolute atomic E-state index is 0.152. The van der Waals surface area contributed by atoms with Crippen molar-refractivity contribution in [3.05, 3.63) is 17.0 Å². The zero-order chi connectivity index (χ0) is 10.7. The Labute approximate surface area is 93.3 Å². The molecule has 0 aliphatic carbocycles. The molecule has 0 spiro atoms. The van der Waals surface area contributed by atoms with Gasteiger partial charge in [0.1, 0.15) is 0 Å². The number of carbonyl (C=O) groups excluding carboxylic acids is 1. The standard InChI is InChI=1S/C11H15NO2S/c13-8-10-3-4-11(15-10)12-6-1-2-9(14)5-7-12/h3-4,8-9,14H,1-2,5-7H2. The van der Waals surface area contributed by atoms with Crippen LogP contribution in [0.25, 0.3) is 0 Å². The fourth-order valence-electron chi connectivity index (χ4n) is 1.87. The van der Waals surface area contributed by atoms with Crippen molar-refractivity contribution in [1.29, 1.82) is 0 Å². The van der Waals surface area contributed by atoms with Crippen molar-refractivity contribution in [2.75, 3.05) is 18.0 Å². The zero-order valence-electron chi connectivity index (χ0n) is 8.56. The average Bonchev–Trinajstić information content (AvgIpc) is 2.62. The number of nitrogens with zero attached hydrogens (tertiary/aromatic N) is 1. The van der Waals surface area contributed by atoms with Crippen molar-refractivity contribution in [3.8, 4) is 0 Å². The van der Waals surface area contributed by atoms with E-state index in [0.29, 0.717) is 0 Å². The molecule has 1 N–H and O–H groups in total. The minimum atomic E-state index is -0.152. The van der Waals surface area contributed by atoms with Crippen molar-refractivity contribution in [1.82, 2.24) is 0 Å². The van der Waals surface area contributed by atoms with E-state index in [4.69, 9.17) is 0 Å². The van der Waals surface area contributed by atoms with Gasteiger partial charge in [-0.25, -0.2) is 0 Å².